The minimum atomic E-state index is 0.156. The maximum absolute atomic E-state index is 4.47. The lowest BCUT2D eigenvalue weighted by Crippen LogP contribution is -2.35. The van der Waals surface area contributed by atoms with Crippen molar-refractivity contribution in [3.05, 3.63) is 17.7 Å². The molecule has 20 heavy (non-hydrogen) atoms. The van der Waals surface area contributed by atoms with Crippen LogP contribution in [0.2, 0.25) is 0 Å². The van der Waals surface area contributed by atoms with Gasteiger partial charge in [0.05, 0.1) is 5.69 Å². The molecule has 0 unspecified atom stereocenters. The number of nitrogens with one attached hydrogen (secondary N) is 1. The number of hydrogen-bond donors (Lipinski definition) is 1. The van der Waals surface area contributed by atoms with Gasteiger partial charge in [0.2, 0.25) is 0 Å². The monoisotopic (exact) mass is 279 g/mol. The van der Waals surface area contributed by atoms with Crippen LogP contribution < -0.4 is 5.32 Å². The highest BCUT2D eigenvalue weighted by molar-refractivity contribution is 5.04. The Hall–Kier alpha value is -0.830. The molecule has 1 aromatic heterocycles. The van der Waals surface area contributed by atoms with E-state index in [1.165, 1.54) is 44.2 Å². The second-order valence-electron chi connectivity index (χ2n) is 6.82. The Morgan fingerprint density at radius 1 is 1.10 bits per heavy atom. The Balaban J connectivity index is 2.38. The largest absolute Gasteiger partial charge is 0.331 e. The van der Waals surface area contributed by atoms with Crippen molar-refractivity contribution in [2.75, 3.05) is 0 Å². The third-order valence-electron chi connectivity index (χ3n) is 3.67. The summed E-state index contributed by atoms with van der Waals surface area (Å²) >= 11 is 0. The molecule has 0 aliphatic carbocycles. The molecule has 0 aromatic carbocycles. The van der Waals surface area contributed by atoms with E-state index in [0.717, 1.165) is 18.9 Å². The van der Waals surface area contributed by atoms with Crippen LogP contribution >= 0.6 is 0 Å². The average Bonchev–Trinajstić information content (AvgIpc) is 2.71. The Morgan fingerprint density at radius 3 is 2.40 bits per heavy atom. The quantitative estimate of drug-likeness (QED) is 0.677. The van der Waals surface area contributed by atoms with Gasteiger partial charge in [-0.05, 0) is 34.1 Å². The maximum Gasteiger partial charge on any atom is 0.105 e. The molecule has 1 N–H and O–H groups in total. The minimum absolute atomic E-state index is 0.156. The van der Waals surface area contributed by atoms with Crippen LogP contribution in [0.5, 0.6) is 0 Å². The first kappa shape index (κ1) is 17.2. The molecule has 3 nitrogen and oxygen atoms in total. The number of rotatable bonds is 9. The van der Waals surface area contributed by atoms with Crippen molar-refractivity contribution in [1.82, 2.24) is 14.9 Å². The molecular formula is C17H33N3. The third kappa shape index (κ3) is 6.56. The Morgan fingerprint density at radius 2 is 1.75 bits per heavy atom. The summed E-state index contributed by atoms with van der Waals surface area (Å²) in [5.41, 5.74) is 1.47. The molecule has 0 aliphatic heterocycles. The standard InChI is InChI=1S/C17H33N3/c1-6-7-8-9-10-11-12-20-15(2)18-13-16(20)14-19-17(3,4)5/h13,19H,6-12,14H2,1-5H3. The van der Waals surface area contributed by atoms with E-state index in [2.05, 4.69) is 49.5 Å². The Kier molecular flexibility index (Phi) is 7.28. The summed E-state index contributed by atoms with van der Waals surface area (Å²) in [6.45, 7) is 13.0. The van der Waals surface area contributed by atoms with E-state index < -0.39 is 0 Å². The van der Waals surface area contributed by atoms with Crippen LogP contribution in [-0.4, -0.2) is 15.1 Å². The molecule has 116 valence electrons. The fourth-order valence-electron chi connectivity index (χ4n) is 2.37. The first-order valence-electron chi connectivity index (χ1n) is 8.20. The number of hydrogen-bond acceptors (Lipinski definition) is 2. The van der Waals surface area contributed by atoms with Gasteiger partial charge in [0.1, 0.15) is 5.82 Å². The summed E-state index contributed by atoms with van der Waals surface area (Å²) in [6.07, 6.45) is 10.1. The molecule has 0 spiro atoms. The van der Waals surface area contributed by atoms with E-state index in [0.29, 0.717) is 0 Å². The summed E-state index contributed by atoms with van der Waals surface area (Å²) in [7, 11) is 0. The lowest BCUT2D eigenvalue weighted by atomic mass is 10.1. The lowest BCUT2D eigenvalue weighted by Gasteiger charge is -2.21. The predicted molar refractivity (Wildman–Crippen MR) is 86.9 cm³/mol. The van der Waals surface area contributed by atoms with E-state index in [4.69, 9.17) is 0 Å². The van der Waals surface area contributed by atoms with Gasteiger partial charge in [-0.3, -0.25) is 0 Å². The molecule has 0 bridgehead atoms. The molecule has 0 saturated carbocycles. The minimum Gasteiger partial charge on any atom is -0.331 e. The number of imidazole rings is 1. The number of aryl methyl sites for hydroxylation is 1. The predicted octanol–water partition coefficient (Wildman–Crippen LogP) is 4.44. The molecule has 1 heterocycles. The molecule has 0 amide bonds. The number of aromatic nitrogens is 2. The summed E-state index contributed by atoms with van der Waals surface area (Å²) < 4.78 is 2.37. The molecule has 0 atom stereocenters. The highest BCUT2D eigenvalue weighted by Gasteiger charge is 2.11. The fraction of sp³-hybridized carbons (Fsp3) is 0.824. The van der Waals surface area contributed by atoms with E-state index in [-0.39, 0.29) is 5.54 Å². The van der Waals surface area contributed by atoms with Crippen molar-refractivity contribution in [2.45, 2.75) is 91.8 Å². The first-order chi connectivity index (χ1) is 9.44. The molecule has 0 radical (unpaired) electrons. The van der Waals surface area contributed by atoms with Crippen molar-refractivity contribution in [3.63, 3.8) is 0 Å². The van der Waals surface area contributed by atoms with Crippen LogP contribution in [0.25, 0.3) is 0 Å². The summed E-state index contributed by atoms with van der Waals surface area (Å²) in [6, 6.07) is 0. The maximum atomic E-state index is 4.47. The van der Waals surface area contributed by atoms with Crippen molar-refractivity contribution in [2.24, 2.45) is 0 Å². The zero-order valence-corrected chi connectivity index (χ0v) is 14.1. The topological polar surface area (TPSA) is 29.9 Å². The van der Waals surface area contributed by atoms with Gasteiger partial charge in [-0.1, -0.05) is 39.0 Å². The van der Waals surface area contributed by atoms with Crippen LogP contribution in [0.3, 0.4) is 0 Å². The van der Waals surface area contributed by atoms with Crippen molar-refractivity contribution >= 4 is 0 Å². The summed E-state index contributed by atoms with van der Waals surface area (Å²) in [5.74, 6) is 1.14. The van der Waals surface area contributed by atoms with Crippen LogP contribution in [0, 0.1) is 6.92 Å². The van der Waals surface area contributed by atoms with Crippen LogP contribution in [-0.2, 0) is 13.1 Å². The van der Waals surface area contributed by atoms with E-state index in [1.54, 1.807) is 0 Å². The molecule has 1 aromatic rings. The normalized spacial score (nSPS) is 12.1. The Bertz CT molecular complexity index is 374. The average molecular weight is 279 g/mol. The van der Waals surface area contributed by atoms with E-state index >= 15 is 0 Å². The molecule has 0 fully saturated rings. The van der Waals surface area contributed by atoms with Gasteiger partial charge in [0.15, 0.2) is 0 Å². The SMILES string of the molecule is CCCCCCCCn1c(CNC(C)(C)C)cnc1C. The van der Waals surface area contributed by atoms with Gasteiger partial charge in [-0.2, -0.15) is 0 Å². The molecule has 1 rings (SSSR count). The summed E-state index contributed by atoms with van der Waals surface area (Å²) in [5, 5.41) is 3.55. The van der Waals surface area contributed by atoms with E-state index in [9.17, 15) is 0 Å². The van der Waals surface area contributed by atoms with Crippen molar-refractivity contribution in [1.29, 1.82) is 0 Å². The molecule has 0 aliphatic rings. The first-order valence-corrected chi connectivity index (χ1v) is 8.20. The lowest BCUT2D eigenvalue weighted by molar-refractivity contribution is 0.413. The van der Waals surface area contributed by atoms with Gasteiger partial charge in [-0.15, -0.1) is 0 Å². The summed E-state index contributed by atoms with van der Waals surface area (Å²) in [4.78, 5) is 4.47. The highest BCUT2D eigenvalue weighted by Crippen LogP contribution is 2.11. The number of unbranched alkanes of at least 4 members (excludes halogenated alkanes) is 5. The van der Waals surface area contributed by atoms with Gasteiger partial charge in [0, 0.05) is 24.8 Å². The van der Waals surface area contributed by atoms with Crippen LogP contribution in [0.1, 0.15) is 77.7 Å². The Labute approximate surface area is 125 Å². The second kappa shape index (κ2) is 8.46. The van der Waals surface area contributed by atoms with Gasteiger partial charge >= 0.3 is 0 Å². The van der Waals surface area contributed by atoms with Crippen LogP contribution in [0.4, 0.5) is 0 Å². The fourth-order valence-corrected chi connectivity index (χ4v) is 2.37. The van der Waals surface area contributed by atoms with Crippen molar-refractivity contribution in [3.8, 4) is 0 Å². The zero-order chi connectivity index (χ0) is 15.0. The highest BCUT2D eigenvalue weighted by atomic mass is 15.1. The molecular weight excluding hydrogens is 246 g/mol. The third-order valence-corrected chi connectivity index (χ3v) is 3.67. The molecule has 3 heteroatoms. The van der Waals surface area contributed by atoms with Crippen LogP contribution in [0.15, 0.2) is 6.20 Å². The second-order valence-corrected chi connectivity index (χ2v) is 6.82. The van der Waals surface area contributed by atoms with E-state index in [1.807, 2.05) is 6.20 Å². The van der Waals surface area contributed by atoms with Gasteiger partial charge in [0.25, 0.3) is 0 Å². The zero-order valence-electron chi connectivity index (χ0n) is 14.1. The molecule has 0 saturated heterocycles. The van der Waals surface area contributed by atoms with Crippen molar-refractivity contribution < 1.29 is 0 Å². The number of nitrogens with zero attached hydrogens (tertiary/aromatic N) is 2. The van der Waals surface area contributed by atoms with Gasteiger partial charge < -0.3 is 9.88 Å². The smallest absolute Gasteiger partial charge is 0.105 e. The van der Waals surface area contributed by atoms with Gasteiger partial charge in [-0.25, -0.2) is 4.98 Å².